The lowest BCUT2D eigenvalue weighted by Gasteiger charge is -2.30. The highest BCUT2D eigenvalue weighted by Crippen LogP contribution is 2.18. The van der Waals surface area contributed by atoms with Gasteiger partial charge in [0, 0.05) is 24.3 Å². The number of primary amides is 1. The molecule has 0 radical (unpaired) electrons. The fourth-order valence-electron chi connectivity index (χ4n) is 10.1. The molecule has 0 spiro atoms. The van der Waals surface area contributed by atoms with E-state index in [1.165, 1.54) is 49.4 Å². The fourth-order valence-corrected chi connectivity index (χ4v) is 10.9. The molecule has 1 aromatic carbocycles. The van der Waals surface area contributed by atoms with E-state index in [0.717, 1.165) is 4.88 Å². The van der Waals surface area contributed by atoms with Crippen molar-refractivity contribution in [1.29, 1.82) is 0 Å². The van der Waals surface area contributed by atoms with Gasteiger partial charge in [-0.2, -0.15) is 0 Å². The molecule has 12 unspecified atom stereocenters. The van der Waals surface area contributed by atoms with Gasteiger partial charge in [0.25, 0.3) is 0 Å². The van der Waals surface area contributed by atoms with Gasteiger partial charge in [-0.1, -0.05) is 93.9 Å². The Bertz CT molecular complexity index is 2820. The third-order valence-corrected chi connectivity index (χ3v) is 16.4. The van der Waals surface area contributed by atoms with Crippen LogP contribution in [0.2, 0.25) is 0 Å². The summed E-state index contributed by atoms with van der Waals surface area (Å²) in [6, 6.07) is -4.92. The van der Waals surface area contributed by atoms with Crippen LogP contribution in [-0.2, 0) is 65.6 Å². The molecular formula is C65H110N16O13S. The summed E-state index contributed by atoms with van der Waals surface area (Å²) in [6.07, 6.45) is 0.0463. The van der Waals surface area contributed by atoms with Crippen molar-refractivity contribution in [2.45, 2.75) is 233 Å². The number of rotatable bonds is 44. The number of phenolic OH excluding ortho intramolecular Hbond substituents is 1. The van der Waals surface area contributed by atoms with Gasteiger partial charge in [-0.05, 0) is 137 Å². The van der Waals surface area contributed by atoms with E-state index < -0.39 is 143 Å². The Labute approximate surface area is 563 Å². The van der Waals surface area contributed by atoms with E-state index in [1.54, 1.807) is 24.4 Å². The van der Waals surface area contributed by atoms with Crippen LogP contribution in [-0.4, -0.2) is 167 Å². The lowest BCUT2D eigenvalue weighted by Crippen LogP contribution is -2.62. The first-order chi connectivity index (χ1) is 44.6. The van der Waals surface area contributed by atoms with Gasteiger partial charge in [0.15, 0.2) is 5.96 Å². The first-order valence-electron chi connectivity index (χ1n) is 32.9. The van der Waals surface area contributed by atoms with E-state index in [2.05, 4.69) is 58.2 Å². The van der Waals surface area contributed by atoms with Crippen LogP contribution in [0.1, 0.15) is 158 Å². The molecule has 1 heterocycles. The summed E-state index contributed by atoms with van der Waals surface area (Å²) in [5.74, 6) is -9.80. The van der Waals surface area contributed by atoms with Crippen molar-refractivity contribution in [2.24, 2.45) is 63.3 Å². The van der Waals surface area contributed by atoms with Gasteiger partial charge in [-0.15, -0.1) is 11.3 Å². The smallest absolute Gasteiger partial charge is 0.245 e. The zero-order chi connectivity index (χ0) is 71.8. The number of nitrogens with zero attached hydrogens (tertiary/aromatic N) is 1. The summed E-state index contributed by atoms with van der Waals surface area (Å²) in [6.45, 7) is 21.2. The van der Waals surface area contributed by atoms with E-state index in [0.29, 0.717) is 31.2 Å². The maximum atomic E-state index is 14.7. The van der Waals surface area contributed by atoms with E-state index in [-0.39, 0.29) is 99.8 Å². The third-order valence-electron chi connectivity index (χ3n) is 15.5. The standard InChI is InChI=1S/C65H110N16O13S/c1-13-38(10)52(63(93)75-47(54(68)84)29-35(4)5)80-62(92)51(33-43-18-17-27-95-43)78-60(90)49(31-37(8)9)77-59(89)48(30-36(6)7)76-58(88)45(19-14-15-25-66)73-57(87)46(20-16-26-71-65(69)70)74-61(91)50(32-41-21-23-42(83)24-22-41)79-64(94)53(40(12)82)81-55(85)39(11)72-56(86)44(67)28-34(2)3/h17-18,21-24,27,34-40,44-53,82-83H,13-16,19-20,25-26,28-33,66-67H2,1-12H3,(H2,68,84)(H,72,86)(H,73,87)(H,74,91)(H,75,93)(H,76,88)(H,77,89)(H,78,90)(H,79,94)(H,80,92)(H,81,85)(H4,69,70,71)/t38?,39?,40?,44?,45?,46?,47?,48?,49?,50-,51?,52?,53?/m0/s1. The minimum absolute atomic E-state index is 0.00412. The molecule has 13 atom stereocenters. The molecule has 30 heteroatoms. The number of aliphatic hydroxyl groups is 1. The van der Waals surface area contributed by atoms with E-state index in [1.807, 2.05) is 62.3 Å². The summed E-state index contributed by atoms with van der Waals surface area (Å²) in [5.41, 5.74) is 29.2. The highest BCUT2D eigenvalue weighted by atomic mass is 32.1. The first-order valence-corrected chi connectivity index (χ1v) is 33.8. The van der Waals surface area contributed by atoms with Crippen molar-refractivity contribution in [1.82, 2.24) is 53.2 Å². The predicted molar refractivity (Wildman–Crippen MR) is 364 cm³/mol. The number of nitrogens with two attached hydrogens (primary N) is 5. The van der Waals surface area contributed by atoms with Gasteiger partial charge in [0.1, 0.15) is 66.2 Å². The van der Waals surface area contributed by atoms with Crippen LogP contribution in [0.25, 0.3) is 0 Å². The highest BCUT2D eigenvalue weighted by molar-refractivity contribution is 7.09. The molecule has 1 aromatic heterocycles. The molecule has 0 bridgehead atoms. The van der Waals surface area contributed by atoms with E-state index in [9.17, 15) is 63.0 Å². The van der Waals surface area contributed by atoms with Crippen molar-refractivity contribution in [3.63, 3.8) is 0 Å². The first kappa shape index (κ1) is 83.1. The molecular weight excluding hydrogens is 1240 g/mol. The molecule has 95 heavy (non-hydrogen) atoms. The van der Waals surface area contributed by atoms with Crippen molar-refractivity contribution in [3.05, 3.63) is 52.2 Å². The fraction of sp³-hybridized carbons (Fsp3) is 0.662. The Morgan fingerprint density at radius 2 is 0.916 bits per heavy atom. The topological polar surface area (TPSA) is 491 Å². The molecule has 0 fully saturated rings. The average Bonchev–Trinajstić information content (AvgIpc) is 1.16. The van der Waals surface area contributed by atoms with Crippen LogP contribution in [0.15, 0.2) is 46.8 Å². The largest absolute Gasteiger partial charge is 0.508 e. The van der Waals surface area contributed by atoms with E-state index >= 15 is 0 Å². The Morgan fingerprint density at radius 1 is 0.484 bits per heavy atom. The number of hydrogen-bond acceptors (Lipinski definition) is 17. The molecule has 534 valence electrons. The average molecular weight is 1360 g/mol. The third kappa shape index (κ3) is 31.4. The van der Waals surface area contributed by atoms with Crippen LogP contribution in [0.5, 0.6) is 5.75 Å². The number of unbranched alkanes of at least 4 members (excludes halogenated alkanes) is 1. The summed E-state index contributed by atoms with van der Waals surface area (Å²) in [7, 11) is 0. The second-order valence-electron chi connectivity index (χ2n) is 26.2. The number of phenols is 1. The molecule has 2 aromatic rings. The lowest BCUT2D eigenvalue weighted by atomic mass is 9.96. The van der Waals surface area contributed by atoms with Gasteiger partial charge in [-0.25, -0.2) is 0 Å². The summed E-state index contributed by atoms with van der Waals surface area (Å²) in [4.78, 5) is 159. The van der Waals surface area contributed by atoms with Gasteiger partial charge < -0.3 is 92.0 Å². The van der Waals surface area contributed by atoms with Gasteiger partial charge in [0.05, 0.1) is 12.1 Å². The lowest BCUT2D eigenvalue weighted by molar-refractivity contribution is -0.137. The highest BCUT2D eigenvalue weighted by Gasteiger charge is 2.38. The Morgan fingerprint density at radius 3 is 1.39 bits per heavy atom. The molecule has 11 amide bonds. The van der Waals surface area contributed by atoms with Crippen LogP contribution < -0.4 is 81.8 Å². The summed E-state index contributed by atoms with van der Waals surface area (Å²) < 4.78 is 0. The maximum Gasteiger partial charge on any atom is 0.245 e. The van der Waals surface area contributed by atoms with Crippen molar-refractivity contribution >= 4 is 82.3 Å². The van der Waals surface area contributed by atoms with Crippen LogP contribution >= 0.6 is 11.3 Å². The number of nitrogens with one attached hydrogen (secondary N) is 10. The molecule has 0 saturated heterocycles. The van der Waals surface area contributed by atoms with Crippen LogP contribution in [0, 0.1) is 29.6 Å². The van der Waals surface area contributed by atoms with E-state index in [4.69, 9.17) is 28.7 Å². The monoisotopic (exact) mass is 1350 g/mol. The number of thiophene rings is 1. The SMILES string of the molecule is CCC(C)C(NC(=O)C(Cc1cccs1)NC(=O)C(CC(C)C)NC(=O)C(CC(C)C)NC(=O)C(CCCCN)NC(=O)C(CCCN=C(N)N)NC(=O)[C@H](Cc1ccc(O)cc1)NC(=O)C(NC(=O)C(C)NC(=O)C(N)CC(C)C)C(C)O)C(=O)NC(CC(C)C)C(N)=O. The number of hydrogen-bond donors (Lipinski definition) is 17. The zero-order valence-electron chi connectivity index (χ0n) is 57.4. The number of aliphatic hydroxyl groups excluding tert-OH is 1. The normalized spacial score (nSPS) is 15.5. The number of benzene rings is 1. The zero-order valence-corrected chi connectivity index (χ0v) is 58.2. The Hall–Kier alpha value is -7.96. The number of guanidine groups is 1. The Kier molecular flexibility index (Phi) is 37.2. The number of carbonyl (C=O) groups excluding carboxylic acids is 11. The number of amides is 11. The molecule has 0 aliphatic rings. The summed E-state index contributed by atoms with van der Waals surface area (Å²) >= 11 is 1.34. The predicted octanol–water partition coefficient (Wildman–Crippen LogP) is -0.287. The summed E-state index contributed by atoms with van der Waals surface area (Å²) in [5, 5.41) is 49.6. The minimum Gasteiger partial charge on any atom is -0.508 e. The molecule has 0 aliphatic carbocycles. The van der Waals surface area contributed by atoms with Gasteiger partial charge in [-0.3, -0.25) is 57.7 Å². The number of aromatic hydroxyl groups is 1. The van der Waals surface area contributed by atoms with Crippen molar-refractivity contribution in [2.75, 3.05) is 13.1 Å². The molecule has 2 rings (SSSR count). The molecule has 29 nitrogen and oxygen atoms in total. The maximum absolute atomic E-state index is 14.7. The Balaban J connectivity index is 2.58. The number of aliphatic imine (C=N–C) groups is 1. The van der Waals surface area contributed by atoms with Crippen molar-refractivity contribution < 1.29 is 63.0 Å². The molecule has 0 saturated carbocycles. The molecule has 22 N–H and O–H groups in total. The van der Waals surface area contributed by atoms with Crippen molar-refractivity contribution in [3.8, 4) is 5.75 Å². The van der Waals surface area contributed by atoms with Gasteiger partial charge in [0.2, 0.25) is 65.0 Å². The quantitative estimate of drug-likeness (QED) is 0.0230. The van der Waals surface area contributed by atoms with Gasteiger partial charge >= 0.3 is 0 Å². The second-order valence-corrected chi connectivity index (χ2v) is 27.2. The van der Waals surface area contributed by atoms with Crippen LogP contribution in [0.4, 0.5) is 0 Å². The number of carbonyl (C=O) groups is 11. The second kappa shape index (κ2) is 42.5. The minimum atomic E-state index is -1.68. The van der Waals surface area contributed by atoms with Crippen LogP contribution in [0.3, 0.4) is 0 Å². The molecule has 0 aliphatic heterocycles.